The smallest absolute Gasteiger partial charge is 0.416 e. The van der Waals surface area contributed by atoms with E-state index in [9.17, 15) is 13.2 Å². The Morgan fingerprint density at radius 1 is 1.07 bits per heavy atom. The molecular formula is C20H22F3N3O2. The SMILES string of the molecule is COc1ccc(CCn2c(C(C)N)nc3cc(C(F)(F)F)ccc32)cc1OC. The summed E-state index contributed by atoms with van der Waals surface area (Å²) in [6.07, 6.45) is -3.78. The molecule has 0 aliphatic carbocycles. The van der Waals surface area contributed by atoms with Crippen molar-refractivity contribution in [3.8, 4) is 11.5 Å². The van der Waals surface area contributed by atoms with E-state index in [2.05, 4.69) is 4.98 Å². The van der Waals surface area contributed by atoms with Gasteiger partial charge in [0.05, 0.1) is 36.9 Å². The van der Waals surface area contributed by atoms with E-state index >= 15 is 0 Å². The van der Waals surface area contributed by atoms with E-state index in [0.29, 0.717) is 35.8 Å². The Balaban J connectivity index is 1.94. The lowest BCUT2D eigenvalue weighted by atomic mass is 10.1. The normalized spacial score (nSPS) is 13.0. The molecular weight excluding hydrogens is 371 g/mol. The minimum atomic E-state index is -4.41. The lowest BCUT2D eigenvalue weighted by Gasteiger charge is -2.13. The number of hydrogen-bond donors (Lipinski definition) is 1. The molecule has 0 saturated carbocycles. The van der Waals surface area contributed by atoms with Gasteiger partial charge in [0.25, 0.3) is 0 Å². The number of nitrogens with zero attached hydrogens (tertiary/aromatic N) is 2. The van der Waals surface area contributed by atoms with Gasteiger partial charge in [-0.25, -0.2) is 4.98 Å². The summed E-state index contributed by atoms with van der Waals surface area (Å²) in [5, 5.41) is 0. The molecule has 1 heterocycles. The van der Waals surface area contributed by atoms with Crippen molar-refractivity contribution < 1.29 is 22.6 Å². The largest absolute Gasteiger partial charge is 0.493 e. The summed E-state index contributed by atoms with van der Waals surface area (Å²) in [6.45, 7) is 2.28. The van der Waals surface area contributed by atoms with Gasteiger partial charge in [0.15, 0.2) is 11.5 Å². The number of nitrogens with two attached hydrogens (primary N) is 1. The third kappa shape index (κ3) is 3.91. The summed E-state index contributed by atoms with van der Waals surface area (Å²) < 4.78 is 51.4. The van der Waals surface area contributed by atoms with Gasteiger partial charge >= 0.3 is 6.18 Å². The number of benzene rings is 2. The van der Waals surface area contributed by atoms with E-state index < -0.39 is 17.8 Å². The van der Waals surface area contributed by atoms with Crippen molar-refractivity contribution in [1.29, 1.82) is 0 Å². The van der Waals surface area contributed by atoms with Crippen LogP contribution in [0.3, 0.4) is 0 Å². The van der Waals surface area contributed by atoms with Crippen LogP contribution in [0.5, 0.6) is 11.5 Å². The van der Waals surface area contributed by atoms with Crippen LogP contribution in [0, 0.1) is 0 Å². The molecule has 0 amide bonds. The van der Waals surface area contributed by atoms with Crippen molar-refractivity contribution in [2.75, 3.05) is 14.2 Å². The highest BCUT2D eigenvalue weighted by molar-refractivity contribution is 5.77. The number of fused-ring (bicyclic) bond motifs is 1. The second kappa shape index (κ2) is 7.71. The molecule has 2 aromatic carbocycles. The van der Waals surface area contributed by atoms with Crippen molar-refractivity contribution in [2.24, 2.45) is 5.73 Å². The minimum absolute atomic E-state index is 0.287. The van der Waals surface area contributed by atoms with Crippen LogP contribution in [0.15, 0.2) is 36.4 Å². The molecule has 1 unspecified atom stereocenters. The molecule has 5 nitrogen and oxygen atoms in total. The van der Waals surface area contributed by atoms with E-state index in [4.69, 9.17) is 15.2 Å². The van der Waals surface area contributed by atoms with Crippen molar-refractivity contribution in [1.82, 2.24) is 9.55 Å². The number of rotatable bonds is 6. The maximum absolute atomic E-state index is 13.0. The van der Waals surface area contributed by atoms with Gasteiger partial charge < -0.3 is 19.8 Å². The van der Waals surface area contributed by atoms with Gasteiger partial charge in [0.2, 0.25) is 0 Å². The summed E-state index contributed by atoms with van der Waals surface area (Å²) in [5.74, 6) is 1.81. The average Bonchev–Trinajstić information content (AvgIpc) is 3.03. The van der Waals surface area contributed by atoms with Crippen LogP contribution in [-0.4, -0.2) is 23.8 Å². The fraction of sp³-hybridized carbons (Fsp3) is 0.350. The minimum Gasteiger partial charge on any atom is -0.493 e. The molecule has 0 bridgehead atoms. The second-order valence-corrected chi connectivity index (χ2v) is 6.55. The molecule has 0 saturated heterocycles. The molecule has 3 rings (SSSR count). The van der Waals surface area contributed by atoms with Gasteiger partial charge in [-0.2, -0.15) is 13.2 Å². The van der Waals surface area contributed by atoms with Crippen molar-refractivity contribution in [3.63, 3.8) is 0 Å². The van der Waals surface area contributed by atoms with Crippen LogP contribution in [0.2, 0.25) is 0 Å². The van der Waals surface area contributed by atoms with Gasteiger partial charge in [-0.05, 0) is 49.2 Å². The Morgan fingerprint density at radius 2 is 1.79 bits per heavy atom. The number of alkyl halides is 3. The zero-order chi connectivity index (χ0) is 20.5. The van der Waals surface area contributed by atoms with E-state index in [1.165, 1.54) is 6.07 Å². The van der Waals surface area contributed by atoms with Gasteiger partial charge in [0.1, 0.15) is 5.82 Å². The van der Waals surface area contributed by atoms with Crippen LogP contribution in [0.25, 0.3) is 11.0 Å². The first-order valence-electron chi connectivity index (χ1n) is 8.78. The average molecular weight is 393 g/mol. The summed E-state index contributed by atoms with van der Waals surface area (Å²) in [5.41, 5.74) is 7.21. The predicted molar refractivity (Wildman–Crippen MR) is 101 cm³/mol. The summed E-state index contributed by atoms with van der Waals surface area (Å²) >= 11 is 0. The van der Waals surface area contributed by atoms with Crippen LogP contribution in [0.4, 0.5) is 13.2 Å². The van der Waals surface area contributed by atoms with E-state index in [-0.39, 0.29) is 5.52 Å². The molecule has 1 aromatic heterocycles. The van der Waals surface area contributed by atoms with Crippen LogP contribution in [-0.2, 0) is 19.1 Å². The highest BCUT2D eigenvalue weighted by Crippen LogP contribution is 2.32. The summed E-state index contributed by atoms with van der Waals surface area (Å²) in [6, 6.07) is 8.80. The molecule has 1 atom stereocenters. The Hall–Kier alpha value is -2.74. The van der Waals surface area contributed by atoms with E-state index in [1.807, 2.05) is 22.8 Å². The number of methoxy groups -OCH3 is 2. The standard InChI is InChI=1S/C20H22F3N3O2/c1-12(24)19-25-15-11-14(20(21,22)23)5-6-16(15)26(19)9-8-13-4-7-17(27-2)18(10-13)28-3/h4-7,10-12H,8-9,24H2,1-3H3. The molecule has 3 aromatic rings. The molecule has 0 aliphatic heterocycles. The molecule has 150 valence electrons. The van der Waals surface area contributed by atoms with Gasteiger partial charge in [-0.1, -0.05) is 6.07 Å². The lowest BCUT2D eigenvalue weighted by molar-refractivity contribution is -0.137. The fourth-order valence-electron chi connectivity index (χ4n) is 3.18. The zero-order valence-electron chi connectivity index (χ0n) is 15.9. The van der Waals surface area contributed by atoms with Gasteiger partial charge in [0, 0.05) is 6.54 Å². The maximum atomic E-state index is 13.0. The fourth-order valence-corrected chi connectivity index (χ4v) is 3.18. The van der Waals surface area contributed by atoms with Crippen LogP contribution in [0.1, 0.15) is 29.9 Å². The topological polar surface area (TPSA) is 62.3 Å². The zero-order valence-corrected chi connectivity index (χ0v) is 15.9. The summed E-state index contributed by atoms with van der Waals surface area (Å²) in [7, 11) is 3.14. The maximum Gasteiger partial charge on any atom is 0.416 e. The van der Waals surface area contributed by atoms with Gasteiger partial charge in [-0.15, -0.1) is 0 Å². The van der Waals surface area contributed by atoms with E-state index in [0.717, 1.165) is 17.7 Å². The predicted octanol–water partition coefficient (Wildman–Crippen LogP) is 4.33. The molecule has 0 spiro atoms. The second-order valence-electron chi connectivity index (χ2n) is 6.55. The quantitative estimate of drug-likeness (QED) is 0.677. The van der Waals surface area contributed by atoms with Crippen molar-refractivity contribution >= 4 is 11.0 Å². The highest BCUT2D eigenvalue weighted by atomic mass is 19.4. The lowest BCUT2D eigenvalue weighted by Crippen LogP contribution is -2.14. The first kappa shape index (κ1) is 20.0. The molecule has 0 radical (unpaired) electrons. The number of ether oxygens (including phenoxy) is 2. The Labute approximate surface area is 160 Å². The van der Waals surface area contributed by atoms with Crippen molar-refractivity contribution in [3.05, 3.63) is 53.3 Å². The molecule has 2 N–H and O–H groups in total. The Morgan fingerprint density at radius 3 is 2.39 bits per heavy atom. The molecule has 0 aliphatic rings. The van der Waals surface area contributed by atoms with E-state index in [1.54, 1.807) is 21.1 Å². The number of aromatic nitrogens is 2. The number of aryl methyl sites for hydroxylation is 2. The molecule has 8 heteroatoms. The number of halogens is 3. The van der Waals surface area contributed by atoms with Crippen LogP contribution < -0.4 is 15.2 Å². The third-order valence-corrected chi connectivity index (χ3v) is 4.58. The Bertz CT molecular complexity index is 981. The molecule has 0 fully saturated rings. The van der Waals surface area contributed by atoms with Crippen LogP contribution >= 0.6 is 0 Å². The monoisotopic (exact) mass is 393 g/mol. The highest BCUT2D eigenvalue weighted by Gasteiger charge is 2.31. The van der Waals surface area contributed by atoms with Crippen molar-refractivity contribution in [2.45, 2.75) is 32.1 Å². The molecule has 28 heavy (non-hydrogen) atoms. The first-order valence-corrected chi connectivity index (χ1v) is 8.78. The third-order valence-electron chi connectivity index (χ3n) is 4.58. The summed E-state index contributed by atoms with van der Waals surface area (Å²) in [4.78, 5) is 4.35. The van der Waals surface area contributed by atoms with Gasteiger partial charge in [-0.3, -0.25) is 0 Å². The Kier molecular flexibility index (Phi) is 5.51. The number of imidazole rings is 1. The number of hydrogen-bond acceptors (Lipinski definition) is 4. The first-order chi connectivity index (χ1) is 13.2.